The second kappa shape index (κ2) is 7.76. The summed E-state index contributed by atoms with van der Waals surface area (Å²) in [6, 6.07) is 5.86. The molecule has 2 unspecified atom stereocenters. The van der Waals surface area contributed by atoms with Crippen LogP contribution in [-0.4, -0.2) is 31.8 Å². The number of rotatable bonds is 6. The second-order valence-electron chi connectivity index (χ2n) is 5.82. The Hall–Kier alpha value is -1.13. The van der Waals surface area contributed by atoms with Crippen LogP contribution in [0.1, 0.15) is 39.2 Å². The smallest absolute Gasteiger partial charge is 0.146 e. The molecule has 118 valence electrons. The van der Waals surface area contributed by atoms with Gasteiger partial charge in [0.15, 0.2) is 0 Å². The molecule has 1 N–H and O–H groups in total. The van der Waals surface area contributed by atoms with E-state index in [1.807, 2.05) is 19.1 Å². The van der Waals surface area contributed by atoms with Crippen molar-refractivity contribution in [3.63, 3.8) is 0 Å². The predicted molar refractivity (Wildman–Crippen MR) is 85.2 cm³/mol. The van der Waals surface area contributed by atoms with E-state index < -0.39 is 0 Å². The van der Waals surface area contributed by atoms with Crippen molar-refractivity contribution < 1.29 is 9.13 Å². The third-order valence-corrected chi connectivity index (χ3v) is 4.02. The zero-order chi connectivity index (χ0) is 15.2. The first kappa shape index (κ1) is 16.2. The van der Waals surface area contributed by atoms with Crippen molar-refractivity contribution in [2.75, 3.05) is 24.6 Å². The summed E-state index contributed by atoms with van der Waals surface area (Å²) in [5.74, 6) is -0.127. The molecule has 0 bridgehead atoms. The summed E-state index contributed by atoms with van der Waals surface area (Å²) in [5.41, 5.74) is 1.70. The molecular weight excluding hydrogens is 267 g/mol. The van der Waals surface area contributed by atoms with Crippen molar-refractivity contribution in [1.82, 2.24) is 5.32 Å². The Kier molecular flexibility index (Phi) is 6.00. The van der Waals surface area contributed by atoms with E-state index in [9.17, 15) is 4.39 Å². The fourth-order valence-corrected chi connectivity index (χ4v) is 2.78. The van der Waals surface area contributed by atoms with Gasteiger partial charge in [-0.15, -0.1) is 0 Å². The monoisotopic (exact) mass is 294 g/mol. The molecule has 0 aromatic heterocycles. The summed E-state index contributed by atoms with van der Waals surface area (Å²) < 4.78 is 20.2. The fourth-order valence-electron chi connectivity index (χ4n) is 2.78. The van der Waals surface area contributed by atoms with Crippen LogP contribution in [0, 0.1) is 5.82 Å². The first-order chi connectivity index (χ1) is 10.2. The Labute approximate surface area is 127 Å². The van der Waals surface area contributed by atoms with Gasteiger partial charge >= 0.3 is 0 Å². The number of hydrogen-bond donors (Lipinski definition) is 1. The molecule has 0 spiro atoms. The van der Waals surface area contributed by atoms with E-state index in [2.05, 4.69) is 24.1 Å². The van der Waals surface area contributed by atoms with Gasteiger partial charge < -0.3 is 15.0 Å². The molecule has 1 aromatic rings. The zero-order valence-corrected chi connectivity index (χ0v) is 13.4. The molecule has 0 saturated carbocycles. The maximum absolute atomic E-state index is 14.5. The summed E-state index contributed by atoms with van der Waals surface area (Å²) in [7, 11) is 0. The van der Waals surface area contributed by atoms with Gasteiger partial charge in [-0.05, 0) is 44.0 Å². The summed E-state index contributed by atoms with van der Waals surface area (Å²) in [4.78, 5) is 2.16. The lowest BCUT2D eigenvalue weighted by Gasteiger charge is -2.40. The van der Waals surface area contributed by atoms with Gasteiger partial charge in [0.05, 0.1) is 24.4 Å². The number of benzene rings is 1. The number of morpholine rings is 1. The molecule has 0 aliphatic carbocycles. The third kappa shape index (κ3) is 4.17. The van der Waals surface area contributed by atoms with Crippen LogP contribution in [0.5, 0.6) is 0 Å². The van der Waals surface area contributed by atoms with Gasteiger partial charge in [0.2, 0.25) is 0 Å². The first-order valence-corrected chi connectivity index (χ1v) is 8.03. The molecule has 1 saturated heterocycles. The van der Waals surface area contributed by atoms with Gasteiger partial charge in [-0.3, -0.25) is 0 Å². The number of anilines is 1. The van der Waals surface area contributed by atoms with Crippen LogP contribution in [0.15, 0.2) is 18.2 Å². The molecule has 1 aliphatic heterocycles. The maximum Gasteiger partial charge on any atom is 0.146 e. The Morgan fingerprint density at radius 1 is 1.38 bits per heavy atom. The van der Waals surface area contributed by atoms with E-state index in [-0.39, 0.29) is 18.0 Å². The van der Waals surface area contributed by atoms with E-state index >= 15 is 0 Å². The largest absolute Gasteiger partial charge is 0.375 e. The van der Waals surface area contributed by atoms with Crippen LogP contribution < -0.4 is 10.2 Å². The fraction of sp³-hybridized carbons (Fsp3) is 0.647. The Morgan fingerprint density at radius 2 is 2.19 bits per heavy atom. The molecule has 1 fully saturated rings. The molecule has 3 nitrogen and oxygen atoms in total. The van der Waals surface area contributed by atoms with Crippen LogP contribution in [-0.2, 0) is 11.3 Å². The van der Waals surface area contributed by atoms with Crippen molar-refractivity contribution in [3.8, 4) is 0 Å². The molecule has 1 aliphatic rings. The highest BCUT2D eigenvalue weighted by Gasteiger charge is 2.27. The topological polar surface area (TPSA) is 24.5 Å². The molecular formula is C17H27FN2O. The van der Waals surface area contributed by atoms with Crippen molar-refractivity contribution in [2.45, 2.75) is 52.3 Å². The number of nitrogens with one attached hydrogen (secondary N) is 1. The van der Waals surface area contributed by atoms with E-state index in [4.69, 9.17) is 4.74 Å². The number of ether oxygens (including phenoxy) is 1. The minimum absolute atomic E-state index is 0.127. The van der Waals surface area contributed by atoms with Crippen LogP contribution in [0.2, 0.25) is 0 Å². The van der Waals surface area contributed by atoms with Crippen LogP contribution >= 0.6 is 0 Å². The number of halogens is 1. The van der Waals surface area contributed by atoms with Crippen LogP contribution in [0.25, 0.3) is 0 Å². The average Bonchev–Trinajstić information content (AvgIpc) is 2.48. The van der Waals surface area contributed by atoms with Gasteiger partial charge in [-0.1, -0.05) is 19.9 Å². The van der Waals surface area contributed by atoms with E-state index in [1.54, 1.807) is 6.07 Å². The first-order valence-electron chi connectivity index (χ1n) is 8.03. The van der Waals surface area contributed by atoms with Crippen molar-refractivity contribution in [1.29, 1.82) is 0 Å². The van der Waals surface area contributed by atoms with Crippen molar-refractivity contribution in [3.05, 3.63) is 29.6 Å². The lowest BCUT2D eigenvalue weighted by molar-refractivity contribution is 0.0297. The standard InChI is InChI=1S/C17H27FN2O/c1-4-8-19-10-14-6-7-17(16(18)9-14)20-11-13(3)21-12-15(20)5-2/h6-7,9,13,15,19H,4-5,8,10-12H2,1-3H3. The summed E-state index contributed by atoms with van der Waals surface area (Å²) in [5, 5.41) is 3.30. The Bertz CT molecular complexity index is 452. The van der Waals surface area contributed by atoms with Gasteiger partial charge in [0.25, 0.3) is 0 Å². The lowest BCUT2D eigenvalue weighted by Crippen LogP contribution is -2.49. The van der Waals surface area contributed by atoms with Crippen LogP contribution in [0.4, 0.5) is 10.1 Å². The highest BCUT2D eigenvalue weighted by atomic mass is 19.1. The normalized spacial score (nSPS) is 22.6. The van der Waals surface area contributed by atoms with Gasteiger partial charge in [0, 0.05) is 13.1 Å². The van der Waals surface area contributed by atoms with E-state index in [0.717, 1.165) is 38.0 Å². The molecule has 0 radical (unpaired) electrons. The zero-order valence-electron chi connectivity index (χ0n) is 13.4. The summed E-state index contributed by atoms with van der Waals surface area (Å²) in [6.07, 6.45) is 2.20. The summed E-state index contributed by atoms with van der Waals surface area (Å²) in [6.45, 7) is 9.41. The molecule has 1 aromatic carbocycles. The predicted octanol–water partition coefficient (Wildman–Crippen LogP) is 3.33. The molecule has 4 heteroatoms. The van der Waals surface area contributed by atoms with Crippen molar-refractivity contribution >= 4 is 5.69 Å². The minimum atomic E-state index is -0.127. The molecule has 0 amide bonds. The maximum atomic E-state index is 14.5. The highest BCUT2D eigenvalue weighted by Crippen LogP contribution is 2.27. The van der Waals surface area contributed by atoms with Crippen molar-refractivity contribution in [2.24, 2.45) is 0 Å². The second-order valence-corrected chi connectivity index (χ2v) is 5.82. The molecule has 21 heavy (non-hydrogen) atoms. The third-order valence-electron chi connectivity index (χ3n) is 4.02. The average molecular weight is 294 g/mol. The van der Waals surface area contributed by atoms with Gasteiger partial charge in [-0.25, -0.2) is 4.39 Å². The minimum Gasteiger partial charge on any atom is -0.375 e. The number of nitrogens with zero attached hydrogens (tertiary/aromatic N) is 1. The Balaban J connectivity index is 2.11. The van der Waals surface area contributed by atoms with E-state index in [0.29, 0.717) is 12.3 Å². The Morgan fingerprint density at radius 3 is 2.86 bits per heavy atom. The molecule has 2 atom stereocenters. The quantitative estimate of drug-likeness (QED) is 0.815. The van der Waals surface area contributed by atoms with Gasteiger partial charge in [-0.2, -0.15) is 0 Å². The highest BCUT2D eigenvalue weighted by molar-refractivity contribution is 5.50. The summed E-state index contributed by atoms with van der Waals surface area (Å²) >= 11 is 0. The molecule has 2 rings (SSSR count). The molecule has 1 heterocycles. The van der Waals surface area contributed by atoms with Crippen LogP contribution in [0.3, 0.4) is 0 Å². The lowest BCUT2D eigenvalue weighted by atomic mass is 10.1. The van der Waals surface area contributed by atoms with Gasteiger partial charge in [0.1, 0.15) is 5.82 Å². The SMILES string of the molecule is CCCNCc1ccc(N2CC(C)OCC2CC)c(F)c1. The number of hydrogen-bond acceptors (Lipinski definition) is 3. The van der Waals surface area contributed by atoms with E-state index in [1.165, 1.54) is 0 Å².